The summed E-state index contributed by atoms with van der Waals surface area (Å²) in [5, 5.41) is 4.18. The quantitative estimate of drug-likeness (QED) is 0.843. The first-order chi connectivity index (χ1) is 9.38. The molecule has 1 N–H and O–H groups in total. The van der Waals surface area contributed by atoms with Gasteiger partial charge in [-0.3, -0.25) is 4.68 Å². The van der Waals surface area contributed by atoms with Gasteiger partial charge >= 0.3 is 0 Å². The Morgan fingerprint density at radius 2 is 2.10 bits per heavy atom. The number of aromatic nitrogens is 3. The number of rotatable bonds is 5. The van der Waals surface area contributed by atoms with Crippen molar-refractivity contribution in [3.05, 3.63) is 40.4 Å². The van der Waals surface area contributed by atoms with Crippen LogP contribution in [0.4, 0.5) is 0 Å². The van der Waals surface area contributed by atoms with Gasteiger partial charge in [-0.1, -0.05) is 23.2 Å². The second-order valence-corrected chi connectivity index (χ2v) is 6.65. The summed E-state index contributed by atoms with van der Waals surface area (Å²) >= 11 is 11.4. The lowest BCUT2D eigenvalue weighted by molar-refractivity contribution is 0.581. The van der Waals surface area contributed by atoms with E-state index in [1.165, 1.54) is 12.3 Å². The van der Waals surface area contributed by atoms with Crippen LogP contribution in [0.1, 0.15) is 5.56 Å². The molecule has 0 bridgehead atoms. The molecule has 0 amide bonds. The van der Waals surface area contributed by atoms with Gasteiger partial charge in [-0.2, -0.15) is 5.10 Å². The van der Waals surface area contributed by atoms with Crippen LogP contribution >= 0.6 is 23.2 Å². The lowest BCUT2D eigenvalue weighted by Crippen LogP contribution is -2.26. The van der Waals surface area contributed by atoms with Crippen molar-refractivity contribution >= 4 is 33.2 Å². The predicted molar refractivity (Wildman–Crippen MR) is 76.4 cm³/mol. The molecule has 6 nitrogen and oxygen atoms in total. The van der Waals surface area contributed by atoms with E-state index in [0.717, 1.165) is 5.56 Å². The van der Waals surface area contributed by atoms with Crippen molar-refractivity contribution in [2.24, 2.45) is 7.05 Å². The fraction of sp³-hybridized carbons (Fsp3) is 0.273. The average Bonchev–Trinajstić information content (AvgIpc) is 2.78. The fourth-order valence-electron chi connectivity index (χ4n) is 1.56. The van der Waals surface area contributed by atoms with Gasteiger partial charge in [0, 0.05) is 26.0 Å². The molecule has 0 aliphatic carbocycles. The molecule has 0 spiro atoms. The van der Waals surface area contributed by atoms with E-state index >= 15 is 0 Å². The molecule has 0 aliphatic heterocycles. The number of nitrogens with zero attached hydrogens (tertiary/aromatic N) is 3. The molecule has 0 radical (unpaired) electrons. The van der Waals surface area contributed by atoms with E-state index in [2.05, 4.69) is 14.8 Å². The number of aryl methyl sites for hydroxylation is 1. The molecule has 2 heterocycles. The normalized spacial score (nSPS) is 11.8. The van der Waals surface area contributed by atoms with Crippen LogP contribution in [-0.4, -0.2) is 29.7 Å². The van der Waals surface area contributed by atoms with Crippen molar-refractivity contribution < 1.29 is 8.42 Å². The molecule has 0 saturated heterocycles. The number of hydrogen-bond acceptors (Lipinski definition) is 4. The third kappa shape index (κ3) is 3.69. The van der Waals surface area contributed by atoms with Crippen LogP contribution in [0.5, 0.6) is 0 Å². The van der Waals surface area contributed by atoms with Gasteiger partial charge in [0.2, 0.25) is 10.0 Å². The molecule has 2 aromatic rings. The Balaban J connectivity index is 2.02. The van der Waals surface area contributed by atoms with Gasteiger partial charge in [0.25, 0.3) is 0 Å². The van der Waals surface area contributed by atoms with Crippen molar-refractivity contribution in [2.75, 3.05) is 6.54 Å². The number of halogens is 2. The molecule has 0 unspecified atom stereocenters. The highest BCUT2D eigenvalue weighted by molar-refractivity contribution is 7.89. The molecule has 2 rings (SSSR count). The highest BCUT2D eigenvalue weighted by atomic mass is 35.5. The highest BCUT2D eigenvalue weighted by Crippen LogP contribution is 2.21. The zero-order valence-corrected chi connectivity index (χ0v) is 12.9. The summed E-state index contributed by atoms with van der Waals surface area (Å²) < 4.78 is 28.2. The summed E-state index contributed by atoms with van der Waals surface area (Å²) in [5.74, 6) is 0. The molecule has 108 valence electrons. The number of hydrogen-bond donors (Lipinski definition) is 1. The summed E-state index contributed by atoms with van der Waals surface area (Å²) in [7, 11) is -1.85. The molecule has 0 saturated carbocycles. The first kappa shape index (κ1) is 15.2. The summed E-state index contributed by atoms with van der Waals surface area (Å²) in [5.41, 5.74) is 0.947. The molecular formula is C11H12Cl2N4O2S. The van der Waals surface area contributed by atoms with Gasteiger partial charge < -0.3 is 0 Å². The van der Waals surface area contributed by atoms with Crippen LogP contribution in [-0.2, 0) is 23.5 Å². The zero-order valence-electron chi connectivity index (χ0n) is 10.5. The van der Waals surface area contributed by atoms with Crippen molar-refractivity contribution in [3.8, 4) is 0 Å². The Morgan fingerprint density at radius 3 is 2.70 bits per heavy atom. The van der Waals surface area contributed by atoms with E-state index in [0.29, 0.717) is 6.42 Å². The summed E-state index contributed by atoms with van der Waals surface area (Å²) in [6.07, 6.45) is 5.23. The SMILES string of the molecule is Cn1cc(CCNS(=O)(=O)c2cnc(Cl)c(Cl)c2)cn1. The van der Waals surface area contributed by atoms with Crippen molar-refractivity contribution in [2.45, 2.75) is 11.3 Å². The van der Waals surface area contributed by atoms with Gasteiger partial charge in [-0.15, -0.1) is 0 Å². The summed E-state index contributed by atoms with van der Waals surface area (Å²) in [4.78, 5) is 3.70. The van der Waals surface area contributed by atoms with E-state index in [4.69, 9.17) is 23.2 Å². The standard InChI is InChI=1S/C11H12Cl2N4O2S/c1-17-7-8(5-15-17)2-3-16-20(18,19)9-4-10(12)11(13)14-6-9/h4-7,16H,2-3H2,1H3. The van der Waals surface area contributed by atoms with Gasteiger partial charge in [0.1, 0.15) is 10.0 Å². The van der Waals surface area contributed by atoms with E-state index in [1.54, 1.807) is 17.9 Å². The van der Waals surface area contributed by atoms with E-state index < -0.39 is 10.0 Å². The van der Waals surface area contributed by atoms with Gasteiger partial charge in [-0.25, -0.2) is 18.1 Å². The highest BCUT2D eigenvalue weighted by Gasteiger charge is 2.15. The van der Waals surface area contributed by atoms with Crippen molar-refractivity contribution in [1.82, 2.24) is 19.5 Å². The minimum atomic E-state index is -3.65. The average molecular weight is 335 g/mol. The van der Waals surface area contributed by atoms with Crippen molar-refractivity contribution in [1.29, 1.82) is 0 Å². The minimum Gasteiger partial charge on any atom is -0.276 e. The molecule has 2 aromatic heterocycles. The third-order valence-electron chi connectivity index (χ3n) is 2.55. The lowest BCUT2D eigenvalue weighted by Gasteiger charge is -2.06. The maximum atomic E-state index is 12.0. The van der Waals surface area contributed by atoms with Gasteiger partial charge in [0.05, 0.1) is 11.2 Å². The Morgan fingerprint density at radius 1 is 1.35 bits per heavy atom. The van der Waals surface area contributed by atoms with Crippen LogP contribution in [0, 0.1) is 0 Å². The van der Waals surface area contributed by atoms with E-state index in [1.807, 2.05) is 6.20 Å². The number of nitrogens with one attached hydrogen (secondary N) is 1. The zero-order chi connectivity index (χ0) is 14.8. The maximum absolute atomic E-state index is 12.0. The second kappa shape index (κ2) is 6.09. The van der Waals surface area contributed by atoms with Gasteiger partial charge in [0.15, 0.2) is 0 Å². The number of sulfonamides is 1. The molecule has 9 heteroatoms. The first-order valence-corrected chi connectivity index (χ1v) is 7.90. The first-order valence-electron chi connectivity index (χ1n) is 5.67. The van der Waals surface area contributed by atoms with Crippen LogP contribution in [0.3, 0.4) is 0 Å². The van der Waals surface area contributed by atoms with Crippen LogP contribution < -0.4 is 4.72 Å². The molecule has 20 heavy (non-hydrogen) atoms. The Bertz CT molecular complexity index is 715. The molecule has 0 fully saturated rings. The van der Waals surface area contributed by atoms with E-state index in [-0.39, 0.29) is 21.6 Å². The predicted octanol–water partition coefficient (Wildman–Crippen LogP) is 1.64. The van der Waals surface area contributed by atoms with Crippen LogP contribution in [0.15, 0.2) is 29.6 Å². The van der Waals surface area contributed by atoms with Crippen molar-refractivity contribution in [3.63, 3.8) is 0 Å². The molecule has 0 aliphatic rings. The molecular weight excluding hydrogens is 323 g/mol. The van der Waals surface area contributed by atoms with Crippen LogP contribution in [0.25, 0.3) is 0 Å². The summed E-state index contributed by atoms with van der Waals surface area (Å²) in [6, 6.07) is 1.27. The lowest BCUT2D eigenvalue weighted by atomic mass is 10.3. The van der Waals surface area contributed by atoms with E-state index in [9.17, 15) is 8.42 Å². The monoisotopic (exact) mass is 334 g/mol. The largest absolute Gasteiger partial charge is 0.276 e. The number of pyridine rings is 1. The molecule has 0 aromatic carbocycles. The maximum Gasteiger partial charge on any atom is 0.242 e. The Labute approximate surface area is 126 Å². The fourth-order valence-corrected chi connectivity index (χ4v) is 2.90. The third-order valence-corrected chi connectivity index (χ3v) is 4.66. The van der Waals surface area contributed by atoms with Crippen LogP contribution in [0.2, 0.25) is 10.2 Å². The second-order valence-electron chi connectivity index (χ2n) is 4.11. The Kier molecular flexibility index (Phi) is 4.64. The topological polar surface area (TPSA) is 76.9 Å². The van der Waals surface area contributed by atoms with Gasteiger partial charge in [-0.05, 0) is 18.1 Å². The molecule has 0 atom stereocenters. The smallest absolute Gasteiger partial charge is 0.242 e. The minimum absolute atomic E-state index is 0.0157. The summed E-state index contributed by atoms with van der Waals surface area (Å²) in [6.45, 7) is 0.258. The Hall–Kier alpha value is -1.15.